The maximum absolute atomic E-state index is 12.7. The van der Waals surface area contributed by atoms with Crippen LogP contribution in [0.2, 0.25) is 4.34 Å². The first kappa shape index (κ1) is 21.0. The summed E-state index contributed by atoms with van der Waals surface area (Å²) in [4.78, 5) is 19.8. The zero-order valence-electron chi connectivity index (χ0n) is 15.7. The number of nitrogens with one attached hydrogen (secondary N) is 2. The molecule has 1 fully saturated rings. The van der Waals surface area contributed by atoms with Gasteiger partial charge in [0.05, 0.1) is 16.3 Å². The molecule has 1 aromatic heterocycles. The molecule has 2 rings (SSSR count). The Hall–Kier alpha value is -1.31. The van der Waals surface area contributed by atoms with Crippen molar-refractivity contribution in [3.63, 3.8) is 0 Å². The normalized spacial score (nSPS) is 17.8. The van der Waals surface area contributed by atoms with E-state index in [1.54, 1.807) is 25.1 Å². The van der Waals surface area contributed by atoms with Gasteiger partial charge in [-0.3, -0.25) is 9.79 Å². The van der Waals surface area contributed by atoms with E-state index in [1.807, 2.05) is 13.0 Å². The van der Waals surface area contributed by atoms with Crippen LogP contribution in [-0.4, -0.2) is 55.6 Å². The van der Waals surface area contributed by atoms with Crippen LogP contribution in [-0.2, 0) is 4.79 Å². The van der Waals surface area contributed by atoms with Crippen LogP contribution in [0.3, 0.4) is 0 Å². The van der Waals surface area contributed by atoms with Gasteiger partial charge < -0.3 is 20.6 Å². The molecular formula is C18H29ClN4O2S. The first-order chi connectivity index (χ1) is 12.4. The van der Waals surface area contributed by atoms with E-state index < -0.39 is 11.5 Å². The monoisotopic (exact) mass is 400 g/mol. The van der Waals surface area contributed by atoms with Crippen LogP contribution in [0.25, 0.3) is 0 Å². The second-order valence-corrected chi connectivity index (χ2v) is 8.67. The second-order valence-electron chi connectivity index (χ2n) is 6.92. The highest BCUT2D eigenvalue weighted by Crippen LogP contribution is 2.39. The molecule has 1 amide bonds. The third-order valence-corrected chi connectivity index (χ3v) is 6.02. The topological polar surface area (TPSA) is 77.0 Å². The van der Waals surface area contributed by atoms with Crippen molar-refractivity contribution in [1.29, 1.82) is 0 Å². The summed E-state index contributed by atoms with van der Waals surface area (Å²) in [6.45, 7) is 3.49. The SMILES string of the molecule is CCNC(=NCC1(C(=O)N(C)C)CCCC1)NCC(O)c1ccc(Cl)s1. The van der Waals surface area contributed by atoms with Crippen molar-refractivity contribution in [1.82, 2.24) is 15.5 Å². The molecule has 0 aliphatic heterocycles. The van der Waals surface area contributed by atoms with E-state index >= 15 is 0 Å². The zero-order valence-corrected chi connectivity index (χ0v) is 17.3. The van der Waals surface area contributed by atoms with Gasteiger partial charge in [0.25, 0.3) is 0 Å². The van der Waals surface area contributed by atoms with Gasteiger partial charge in [-0.05, 0) is 31.9 Å². The molecule has 6 nitrogen and oxygen atoms in total. The van der Waals surface area contributed by atoms with Crippen molar-refractivity contribution < 1.29 is 9.90 Å². The zero-order chi connectivity index (χ0) is 19.2. The number of nitrogens with zero attached hydrogens (tertiary/aromatic N) is 2. The minimum atomic E-state index is -0.653. The van der Waals surface area contributed by atoms with Crippen molar-refractivity contribution in [2.45, 2.75) is 38.7 Å². The van der Waals surface area contributed by atoms with Gasteiger partial charge in [0.15, 0.2) is 5.96 Å². The molecule has 0 aromatic carbocycles. The van der Waals surface area contributed by atoms with Gasteiger partial charge in [0, 0.05) is 32.1 Å². The molecule has 0 radical (unpaired) electrons. The fraction of sp³-hybridized carbons (Fsp3) is 0.667. The van der Waals surface area contributed by atoms with Gasteiger partial charge in [-0.15, -0.1) is 11.3 Å². The highest BCUT2D eigenvalue weighted by Gasteiger charge is 2.42. The highest BCUT2D eigenvalue weighted by atomic mass is 35.5. The van der Waals surface area contributed by atoms with Crippen molar-refractivity contribution in [2.24, 2.45) is 10.4 Å². The number of aliphatic imine (C=N–C) groups is 1. The number of carbonyl (C=O) groups excluding carboxylic acids is 1. The van der Waals surface area contributed by atoms with Crippen molar-refractivity contribution >= 4 is 34.8 Å². The standard InChI is InChI=1S/C18H29ClN4O2S/c1-4-20-17(21-11-13(24)14-7-8-15(19)26-14)22-12-18(9-5-6-10-18)16(25)23(2)3/h7-8,13,24H,4-6,9-12H2,1-3H3,(H2,20,21,22). The number of hydrogen-bond acceptors (Lipinski definition) is 4. The van der Waals surface area contributed by atoms with Crippen molar-refractivity contribution in [2.75, 3.05) is 33.7 Å². The molecule has 1 aromatic rings. The van der Waals surface area contributed by atoms with Crippen molar-refractivity contribution in [3.8, 4) is 0 Å². The lowest BCUT2D eigenvalue weighted by molar-refractivity contribution is -0.138. The molecule has 0 saturated heterocycles. The summed E-state index contributed by atoms with van der Waals surface area (Å²) >= 11 is 7.29. The van der Waals surface area contributed by atoms with Crippen LogP contribution in [0, 0.1) is 5.41 Å². The van der Waals surface area contributed by atoms with Gasteiger partial charge in [-0.25, -0.2) is 0 Å². The molecule has 1 aliphatic carbocycles. The Kier molecular flexibility index (Phi) is 7.73. The van der Waals surface area contributed by atoms with E-state index in [-0.39, 0.29) is 5.91 Å². The van der Waals surface area contributed by atoms with Gasteiger partial charge in [0.1, 0.15) is 6.10 Å². The van der Waals surface area contributed by atoms with E-state index in [1.165, 1.54) is 11.3 Å². The highest BCUT2D eigenvalue weighted by molar-refractivity contribution is 7.16. The lowest BCUT2D eigenvalue weighted by atomic mass is 9.85. The Labute approximate surface area is 164 Å². The van der Waals surface area contributed by atoms with E-state index in [4.69, 9.17) is 11.6 Å². The summed E-state index contributed by atoms with van der Waals surface area (Å²) in [5.74, 6) is 0.773. The molecule has 0 spiro atoms. The number of thiophene rings is 1. The van der Waals surface area contributed by atoms with Gasteiger partial charge in [-0.2, -0.15) is 0 Å². The number of carbonyl (C=O) groups is 1. The maximum Gasteiger partial charge on any atom is 0.230 e. The third-order valence-electron chi connectivity index (χ3n) is 4.69. The quantitative estimate of drug-likeness (QED) is 0.485. The summed E-state index contributed by atoms with van der Waals surface area (Å²) in [5.41, 5.74) is -0.397. The molecule has 1 aliphatic rings. The number of aliphatic hydroxyl groups is 1. The lowest BCUT2D eigenvalue weighted by Gasteiger charge is -2.29. The third kappa shape index (κ3) is 5.34. The Morgan fingerprint density at radius 2 is 2.08 bits per heavy atom. The Bertz CT molecular complexity index is 626. The van der Waals surface area contributed by atoms with E-state index in [9.17, 15) is 9.90 Å². The number of rotatable bonds is 7. The summed E-state index contributed by atoms with van der Waals surface area (Å²) in [7, 11) is 3.61. The fourth-order valence-electron chi connectivity index (χ4n) is 3.34. The average Bonchev–Trinajstić information content (AvgIpc) is 3.26. The largest absolute Gasteiger partial charge is 0.386 e. The fourth-order valence-corrected chi connectivity index (χ4v) is 4.39. The van der Waals surface area contributed by atoms with Crippen LogP contribution < -0.4 is 10.6 Å². The minimum Gasteiger partial charge on any atom is -0.386 e. The Morgan fingerprint density at radius 3 is 2.62 bits per heavy atom. The maximum atomic E-state index is 12.7. The van der Waals surface area contributed by atoms with Crippen LogP contribution >= 0.6 is 22.9 Å². The van der Waals surface area contributed by atoms with Crippen LogP contribution in [0.5, 0.6) is 0 Å². The second kappa shape index (κ2) is 9.58. The Balaban J connectivity index is 2.01. The molecule has 1 unspecified atom stereocenters. The summed E-state index contributed by atoms with van der Waals surface area (Å²) < 4.78 is 0.657. The van der Waals surface area contributed by atoms with E-state index in [0.29, 0.717) is 29.9 Å². The molecular weight excluding hydrogens is 372 g/mol. The smallest absolute Gasteiger partial charge is 0.230 e. The lowest BCUT2D eigenvalue weighted by Crippen LogP contribution is -2.43. The number of guanidine groups is 1. The van der Waals surface area contributed by atoms with Crippen LogP contribution in [0.15, 0.2) is 17.1 Å². The molecule has 1 atom stereocenters. The minimum absolute atomic E-state index is 0.155. The number of aliphatic hydroxyl groups excluding tert-OH is 1. The van der Waals surface area contributed by atoms with Crippen LogP contribution in [0.4, 0.5) is 0 Å². The van der Waals surface area contributed by atoms with E-state index in [2.05, 4.69) is 15.6 Å². The van der Waals surface area contributed by atoms with Gasteiger partial charge >= 0.3 is 0 Å². The summed E-state index contributed by atoms with van der Waals surface area (Å²) in [6, 6.07) is 3.60. The molecule has 3 N–H and O–H groups in total. The molecule has 0 bridgehead atoms. The van der Waals surface area contributed by atoms with E-state index in [0.717, 1.165) is 30.6 Å². The molecule has 26 heavy (non-hydrogen) atoms. The summed E-state index contributed by atoms with van der Waals surface area (Å²) in [5, 5.41) is 16.6. The first-order valence-corrected chi connectivity index (χ1v) is 10.2. The molecule has 1 heterocycles. The van der Waals surface area contributed by atoms with Gasteiger partial charge in [0.2, 0.25) is 5.91 Å². The van der Waals surface area contributed by atoms with Crippen LogP contribution in [0.1, 0.15) is 43.6 Å². The predicted octanol–water partition coefficient (Wildman–Crippen LogP) is 2.64. The molecule has 146 valence electrons. The summed E-state index contributed by atoms with van der Waals surface area (Å²) in [6.07, 6.45) is 3.24. The van der Waals surface area contributed by atoms with Crippen molar-refractivity contribution in [3.05, 3.63) is 21.3 Å². The number of amides is 1. The molecule has 8 heteroatoms. The Morgan fingerprint density at radius 1 is 1.38 bits per heavy atom. The average molecular weight is 401 g/mol. The first-order valence-electron chi connectivity index (χ1n) is 9.05. The molecule has 1 saturated carbocycles. The predicted molar refractivity (Wildman–Crippen MR) is 108 cm³/mol. The number of hydrogen-bond donors (Lipinski definition) is 3. The van der Waals surface area contributed by atoms with Gasteiger partial charge in [-0.1, -0.05) is 24.4 Å². The number of halogens is 1.